The van der Waals surface area contributed by atoms with Crippen molar-refractivity contribution >= 4 is 5.91 Å². The second-order valence-corrected chi connectivity index (χ2v) is 3.66. The summed E-state index contributed by atoms with van der Waals surface area (Å²) in [4.78, 5) is 12.8. The summed E-state index contributed by atoms with van der Waals surface area (Å²) >= 11 is 0. The lowest BCUT2D eigenvalue weighted by Crippen LogP contribution is -2.46. The van der Waals surface area contributed by atoms with E-state index in [4.69, 9.17) is 10.5 Å². The highest BCUT2D eigenvalue weighted by Crippen LogP contribution is 1.97. The second-order valence-electron chi connectivity index (χ2n) is 3.66. The van der Waals surface area contributed by atoms with E-state index in [2.05, 4.69) is 17.1 Å². The first-order valence-corrected chi connectivity index (χ1v) is 5.00. The van der Waals surface area contributed by atoms with Crippen LogP contribution in [-0.4, -0.2) is 56.2 Å². The fraction of sp³-hybridized carbons (Fsp3) is 0.889. The first-order valence-electron chi connectivity index (χ1n) is 5.00. The topological polar surface area (TPSA) is 67.6 Å². The maximum atomic E-state index is 10.5. The van der Waals surface area contributed by atoms with Crippen molar-refractivity contribution in [1.82, 2.24) is 10.2 Å². The summed E-state index contributed by atoms with van der Waals surface area (Å²) in [7, 11) is 0. The van der Waals surface area contributed by atoms with Gasteiger partial charge in [-0.05, 0) is 6.92 Å². The van der Waals surface area contributed by atoms with Gasteiger partial charge in [0.05, 0.1) is 19.8 Å². The predicted molar refractivity (Wildman–Crippen MR) is 53.9 cm³/mol. The number of hydrogen-bond donors (Lipinski definition) is 2. The SMILES string of the molecule is CC(CN1CCOCC1)NCC(N)=O. The minimum atomic E-state index is -0.307. The summed E-state index contributed by atoms with van der Waals surface area (Å²) < 4.78 is 5.24. The average Bonchev–Trinajstić information content (AvgIpc) is 2.16. The monoisotopic (exact) mass is 201 g/mol. The molecule has 0 aliphatic carbocycles. The van der Waals surface area contributed by atoms with Crippen LogP contribution in [0.5, 0.6) is 0 Å². The van der Waals surface area contributed by atoms with E-state index in [1.807, 2.05) is 0 Å². The molecule has 1 fully saturated rings. The molecule has 0 aromatic heterocycles. The van der Waals surface area contributed by atoms with Crippen LogP contribution in [0, 0.1) is 0 Å². The number of carbonyl (C=O) groups is 1. The molecule has 82 valence electrons. The molecule has 1 aliphatic rings. The van der Waals surface area contributed by atoms with Crippen LogP contribution in [0.25, 0.3) is 0 Å². The van der Waals surface area contributed by atoms with Crippen molar-refractivity contribution in [1.29, 1.82) is 0 Å². The normalized spacial score (nSPS) is 20.6. The van der Waals surface area contributed by atoms with Gasteiger partial charge >= 0.3 is 0 Å². The van der Waals surface area contributed by atoms with Crippen LogP contribution in [0.1, 0.15) is 6.92 Å². The summed E-state index contributed by atoms with van der Waals surface area (Å²) in [5.41, 5.74) is 5.04. The van der Waals surface area contributed by atoms with Gasteiger partial charge in [-0.1, -0.05) is 0 Å². The van der Waals surface area contributed by atoms with E-state index in [-0.39, 0.29) is 12.5 Å². The molecule has 0 radical (unpaired) electrons. The third-order valence-electron chi connectivity index (χ3n) is 2.26. The highest BCUT2D eigenvalue weighted by molar-refractivity contribution is 5.75. The Labute approximate surface area is 84.6 Å². The van der Waals surface area contributed by atoms with E-state index in [1.54, 1.807) is 0 Å². The fourth-order valence-corrected chi connectivity index (χ4v) is 1.51. The number of nitrogens with two attached hydrogens (primary N) is 1. The third-order valence-corrected chi connectivity index (χ3v) is 2.26. The van der Waals surface area contributed by atoms with Crippen LogP contribution in [0.15, 0.2) is 0 Å². The molecule has 1 rings (SSSR count). The Morgan fingerprint density at radius 1 is 1.57 bits per heavy atom. The van der Waals surface area contributed by atoms with Gasteiger partial charge in [0.25, 0.3) is 0 Å². The summed E-state index contributed by atoms with van der Waals surface area (Å²) in [5, 5.41) is 3.07. The van der Waals surface area contributed by atoms with Gasteiger partial charge in [0, 0.05) is 25.7 Å². The summed E-state index contributed by atoms with van der Waals surface area (Å²) in [6.45, 7) is 6.82. The van der Waals surface area contributed by atoms with Crippen molar-refractivity contribution in [2.45, 2.75) is 13.0 Å². The Hall–Kier alpha value is -0.650. The molecule has 1 atom stereocenters. The molecule has 0 aromatic rings. The van der Waals surface area contributed by atoms with Crippen LogP contribution < -0.4 is 11.1 Å². The van der Waals surface area contributed by atoms with Crippen molar-refractivity contribution in [2.75, 3.05) is 39.4 Å². The lowest BCUT2D eigenvalue weighted by atomic mass is 10.3. The molecule has 0 bridgehead atoms. The third kappa shape index (κ3) is 4.55. The summed E-state index contributed by atoms with van der Waals surface area (Å²) in [6.07, 6.45) is 0. The Morgan fingerprint density at radius 2 is 2.21 bits per heavy atom. The molecule has 0 spiro atoms. The molecular weight excluding hydrogens is 182 g/mol. The lowest BCUT2D eigenvalue weighted by molar-refractivity contribution is -0.117. The highest BCUT2D eigenvalue weighted by Gasteiger charge is 2.13. The summed E-state index contributed by atoms with van der Waals surface area (Å²) in [5.74, 6) is -0.307. The molecule has 0 aromatic carbocycles. The van der Waals surface area contributed by atoms with Crippen LogP contribution in [0.4, 0.5) is 0 Å². The van der Waals surface area contributed by atoms with Gasteiger partial charge in [0.15, 0.2) is 0 Å². The highest BCUT2D eigenvalue weighted by atomic mass is 16.5. The molecule has 3 N–H and O–H groups in total. The molecule has 5 heteroatoms. The number of nitrogens with zero attached hydrogens (tertiary/aromatic N) is 1. The Balaban J connectivity index is 2.11. The molecule has 1 unspecified atom stereocenters. The minimum Gasteiger partial charge on any atom is -0.379 e. The average molecular weight is 201 g/mol. The molecule has 1 heterocycles. The van der Waals surface area contributed by atoms with Gasteiger partial charge < -0.3 is 15.8 Å². The Bertz CT molecular complexity index is 181. The maximum absolute atomic E-state index is 10.5. The predicted octanol–water partition coefficient (Wildman–Crippen LogP) is -1.22. The molecule has 1 amide bonds. The zero-order valence-electron chi connectivity index (χ0n) is 8.66. The number of morpholine rings is 1. The molecule has 5 nitrogen and oxygen atoms in total. The summed E-state index contributed by atoms with van der Waals surface area (Å²) in [6, 6.07) is 0.292. The van der Waals surface area contributed by atoms with E-state index in [9.17, 15) is 4.79 Å². The van der Waals surface area contributed by atoms with E-state index >= 15 is 0 Å². The number of carbonyl (C=O) groups excluding carboxylic acids is 1. The maximum Gasteiger partial charge on any atom is 0.231 e. The first-order chi connectivity index (χ1) is 6.68. The smallest absolute Gasteiger partial charge is 0.231 e. The fourth-order valence-electron chi connectivity index (χ4n) is 1.51. The number of primary amides is 1. The largest absolute Gasteiger partial charge is 0.379 e. The molecule has 0 saturated carbocycles. The first kappa shape index (κ1) is 11.4. The number of nitrogens with one attached hydrogen (secondary N) is 1. The quantitative estimate of drug-likeness (QED) is 0.585. The molecule has 1 saturated heterocycles. The lowest BCUT2D eigenvalue weighted by Gasteiger charge is -2.29. The van der Waals surface area contributed by atoms with Crippen LogP contribution in [0.2, 0.25) is 0 Å². The number of amides is 1. The number of hydrogen-bond acceptors (Lipinski definition) is 4. The second kappa shape index (κ2) is 5.95. The van der Waals surface area contributed by atoms with Crippen molar-refractivity contribution in [3.8, 4) is 0 Å². The van der Waals surface area contributed by atoms with Gasteiger partial charge in [-0.3, -0.25) is 9.69 Å². The van der Waals surface area contributed by atoms with Gasteiger partial charge in [-0.15, -0.1) is 0 Å². The minimum absolute atomic E-state index is 0.255. The van der Waals surface area contributed by atoms with Crippen LogP contribution >= 0.6 is 0 Å². The van der Waals surface area contributed by atoms with E-state index in [0.717, 1.165) is 32.8 Å². The zero-order chi connectivity index (χ0) is 10.4. The van der Waals surface area contributed by atoms with Crippen LogP contribution in [-0.2, 0) is 9.53 Å². The van der Waals surface area contributed by atoms with Crippen molar-refractivity contribution < 1.29 is 9.53 Å². The van der Waals surface area contributed by atoms with E-state index in [1.165, 1.54) is 0 Å². The number of rotatable bonds is 5. The molecular formula is C9H19N3O2. The van der Waals surface area contributed by atoms with Crippen LogP contribution in [0.3, 0.4) is 0 Å². The van der Waals surface area contributed by atoms with E-state index in [0.29, 0.717) is 6.04 Å². The molecule has 1 aliphatic heterocycles. The van der Waals surface area contributed by atoms with E-state index < -0.39 is 0 Å². The van der Waals surface area contributed by atoms with Crippen molar-refractivity contribution in [2.24, 2.45) is 5.73 Å². The van der Waals surface area contributed by atoms with Gasteiger partial charge in [0.1, 0.15) is 0 Å². The van der Waals surface area contributed by atoms with Crippen molar-refractivity contribution in [3.05, 3.63) is 0 Å². The molecule has 14 heavy (non-hydrogen) atoms. The van der Waals surface area contributed by atoms with Gasteiger partial charge in [0.2, 0.25) is 5.91 Å². The van der Waals surface area contributed by atoms with Gasteiger partial charge in [-0.25, -0.2) is 0 Å². The Kier molecular flexibility index (Phi) is 4.86. The standard InChI is InChI=1S/C9H19N3O2/c1-8(11-6-9(10)13)7-12-2-4-14-5-3-12/h8,11H,2-7H2,1H3,(H2,10,13). The van der Waals surface area contributed by atoms with Gasteiger partial charge in [-0.2, -0.15) is 0 Å². The Morgan fingerprint density at radius 3 is 2.79 bits per heavy atom. The number of ether oxygens (including phenoxy) is 1. The van der Waals surface area contributed by atoms with Crippen molar-refractivity contribution in [3.63, 3.8) is 0 Å². The zero-order valence-corrected chi connectivity index (χ0v) is 8.66.